The van der Waals surface area contributed by atoms with E-state index in [1.165, 1.54) is 37.4 Å². The zero-order chi connectivity index (χ0) is 9.10. The molecule has 1 saturated heterocycles. The van der Waals surface area contributed by atoms with Gasteiger partial charge in [-0.1, -0.05) is 6.42 Å². The van der Waals surface area contributed by atoms with Crippen molar-refractivity contribution in [2.24, 2.45) is 0 Å². The molecule has 0 radical (unpaired) electrons. The molecule has 2 nitrogen and oxygen atoms in total. The Morgan fingerprint density at radius 2 is 2.15 bits per heavy atom. The Morgan fingerprint density at radius 1 is 1.38 bits per heavy atom. The summed E-state index contributed by atoms with van der Waals surface area (Å²) in [6.45, 7) is 3.53. The summed E-state index contributed by atoms with van der Waals surface area (Å²) in [6, 6.07) is 0. The van der Waals surface area contributed by atoms with Crippen LogP contribution in [0, 0.1) is 0 Å². The lowest BCUT2D eigenvalue weighted by molar-refractivity contribution is 0.220. The molecule has 1 aromatic rings. The van der Waals surface area contributed by atoms with Crippen LogP contribution >= 0.6 is 27.3 Å². The van der Waals surface area contributed by atoms with Crippen LogP contribution in [0.1, 0.15) is 24.3 Å². The first-order valence-electron chi connectivity index (χ1n) is 4.67. The van der Waals surface area contributed by atoms with Crippen LogP contribution in [-0.4, -0.2) is 23.0 Å². The number of thiazole rings is 1. The van der Waals surface area contributed by atoms with E-state index >= 15 is 0 Å². The van der Waals surface area contributed by atoms with E-state index in [0.717, 1.165) is 11.1 Å². The van der Waals surface area contributed by atoms with Gasteiger partial charge >= 0.3 is 0 Å². The Balaban J connectivity index is 1.89. The number of rotatable bonds is 2. The number of hydrogen-bond acceptors (Lipinski definition) is 3. The minimum Gasteiger partial charge on any atom is -0.297 e. The van der Waals surface area contributed by atoms with Gasteiger partial charge in [-0.05, 0) is 41.9 Å². The fraction of sp³-hybridized carbons (Fsp3) is 0.667. The van der Waals surface area contributed by atoms with Gasteiger partial charge in [0.15, 0.2) is 0 Å². The van der Waals surface area contributed by atoms with E-state index in [-0.39, 0.29) is 0 Å². The molecule has 1 aliphatic heterocycles. The second-order valence-electron chi connectivity index (χ2n) is 3.40. The van der Waals surface area contributed by atoms with E-state index in [1.54, 1.807) is 11.3 Å². The first kappa shape index (κ1) is 9.62. The van der Waals surface area contributed by atoms with E-state index in [2.05, 4.69) is 31.2 Å². The van der Waals surface area contributed by atoms with Crippen molar-refractivity contribution in [3.63, 3.8) is 0 Å². The van der Waals surface area contributed by atoms with Gasteiger partial charge in [0.25, 0.3) is 0 Å². The lowest BCUT2D eigenvalue weighted by Gasteiger charge is -2.25. The van der Waals surface area contributed by atoms with E-state index < -0.39 is 0 Å². The Bertz CT molecular complexity index is 268. The molecule has 0 aromatic carbocycles. The third kappa shape index (κ3) is 2.76. The van der Waals surface area contributed by atoms with E-state index in [4.69, 9.17) is 0 Å². The average Bonchev–Trinajstić information content (AvgIpc) is 2.53. The zero-order valence-corrected chi connectivity index (χ0v) is 9.90. The van der Waals surface area contributed by atoms with Crippen LogP contribution in [-0.2, 0) is 6.54 Å². The van der Waals surface area contributed by atoms with Crippen LogP contribution in [0.5, 0.6) is 0 Å². The number of likely N-dealkylation sites (tertiary alicyclic amines) is 1. The highest BCUT2D eigenvalue weighted by Crippen LogP contribution is 2.18. The molecular weight excluding hydrogens is 248 g/mol. The minimum atomic E-state index is 0.976. The summed E-state index contributed by atoms with van der Waals surface area (Å²) in [5, 5.41) is 3.29. The van der Waals surface area contributed by atoms with Crippen molar-refractivity contribution < 1.29 is 0 Å². The molecule has 1 aromatic heterocycles. The van der Waals surface area contributed by atoms with Crippen LogP contribution in [0.4, 0.5) is 0 Å². The largest absolute Gasteiger partial charge is 0.297 e. The number of nitrogens with zero attached hydrogens (tertiary/aromatic N) is 2. The van der Waals surface area contributed by atoms with Gasteiger partial charge < -0.3 is 0 Å². The maximum absolute atomic E-state index is 4.40. The second kappa shape index (κ2) is 4.53. The van der Waals surface area contributed by atoms with Gasteiger partial charge in [0.1, 0.15) is 9.61 Å². The lowest BCUT2D eigenvalue weighted by atomic mass is 10.1. The van der Waals surface area contributed by atoms with Crippen molar-refractivity contribution in [3.8, 4) is 0 Å². The predicted molar refractivity (Wildman–Crippen MR) is 58.9 cm³/mol. The molecule has 1 fully saturated rings. The summed E-state index contributed by atoms with van der Waals surface area (Å²) >= 11 is 5.12. The SMILES string of the molecule is Brc1csc(CN2CCCCC2)n1. The monoisotopic (exact) mass is 260 g/mol. The van der Waals surface area contributed by atoms with Crippen LogP contribution in [0.2, 0.25) is 0 Å². The second-order valence-corrected chi connectivity index (χ2v) is 5.16. The van der Waals surface area contributed by atoms with Crippen LogP contribution in [0.15, 0.2) is 9.98 Å². The molecule has 2 rings (SSSR count). The highest BCUT2D eigenvalue weighted by molar-refractivity contribution is 9.10. The van der Waals surface area contributed by atoms with E-state index in [1.807, 2.05) is 0 Å². The Hall–Kier alpha value is 0.0700. The van der Waals surface area contributed by atoms with Crippen LogP contribution < -0.4 is 0 Å². The Labute approximate surface area is 91.1 Å². The molecule has 0 atom stereocenters. The summed E-state index contributed by atoms with van der Waals surface area (Å²) in [4.78, 5) is 6.89. The summed E-state index contributed by atoms with van der Waals surface area (Å²) in [7, 11) is 0. The molecule has 1 aliphatic rings. The minimum absolute atomic E-state index is 0.976. The number of halogens is 1. The van der Waals surface area contributed by atoms with Gasteiger partial charge in [-0.25, -0.2) is 4.98 Å². The Kier molecular flexibility index (Phi) is 3.35. The molecule has 4 heteroatoms. The van der Waals surface area contributed by atoms with E-state index in [9.17, 15) is 0 Å². The molecule has 0 amide bonds. The first-order valence-corrected chi connectivity index (χ1v) is 6.34. The van der Waals surface area contributed by atoms with Crippen LogP contribution in [0.25, 0.3) is 0 Å². The molecule has 0 unspecified atom stereocenters. The molecule has 2 heterocycles. The summed E-state index contributed by atoms with van der Waals surface area (Å²) in [6.07, 6.45) is 4.11. The number of aromatic nitrogens is 1. The summed E-state index contributed by atoms with van der Waals surface area (Å²) in [5.74, 6) is 0. The summed E-state index contributed by atoms with van der Waals surface area (Å²) in [5.41, 5.74) is 0. The molecule has 0 bridgehead atoms. The fourth-order valence-corrected chi connectivity index (χ4v) is 2.98. The fourth-order valence-electron chi connectivity index (χ4n) is 1.67. The first-order chi connectivity index (χ1) is 6.34. The number of hydrogen-bond donors (Lipinski definition) is 0. The smallest absolute Gasteiger partial charge is 0.117 e. The van der Waals surface area contributed by atoms with Gasteiger partial charge in [-0.3, -0.25) is 4.90 Å². The topological polar surface area (TPSA) is 16.1 Å². The number of piperidine rings is 1. The maximum Gasteiger partial charge on any atom is 0.117 e. The van der Waals surface area contributed by atoms with Crippen molar-refractivity contribution in [1.82, 2.24) is 9.88 Å². The van der Waals surface area contributed by atoms with E-state index in [0.29, 0.717) is 0 Å². The van der Waals surface area contributed by atoms with Crippen molar-refractivity contribution in [2.45, 2.75) is 25.8 Å². The van der Waals surface area contributed by atoms with Gasteiger partial charge in [0.05, 0.1) is 6.54 Å². The van der Waals surface area contributed by atoms with Crippen molar-refractivity contribution in [3.05, 3.63) is 15.0 Å². The van der Waals surface area contributed by atoms with Crippen molar-refractivity contribution >= 4 is 27.3 Å². The molecule has 0 spiro atoms. The molecular formula is C9H13BrN2S. The van der Waals surface area contributed by atoms with Gasteiger partial charge in [-0.15, -0.1) is 11.3 Å². The van der Waals surface area contributed by atoms with Gasteiger partial charge in [0.2, 0.25) is 0 Å². The third-order valence-electron chi connectivity index (χ3n) is 2.33. The Morgan fingerprint density at radius 3 is 2.77 bits per heavy atom. The molecule has 0 N–H and O–H groups in total. The third-order valence-corrected chi connectivity index (χ3v) is 3.87. The summed E-state index contributed by atoms with van der Waals surface area (Å²) < 4.78 is 0.976. The molecule has 0 aliphatic carbocycles. The van der Waals surface area contributed by atoms with Crippen molar-refractivity contribution in [2.75, 3.05) is 13.1 Å². The predicted octanol–water partition coefficient (Wildman–Crippen LogP) is 2.89. The van der Waals surface area contributed by atoms with Crippen LogP contribution in [0.3, 0.4) is 0 Å². The lowest BCUT2D eigenvalue weighted by Crippen LogP contribution is -2.28. The van der Waals surface area contributed by atoms with Gasteiger partial charge in [0, 0.05) is 5.38 Å². The molecule has 72 valence electrons. The highest BCUT2D eigenvalue weighted by Gasteiger charge is 2.11. The quantitative estimate of drug-likeness (QED) is 0.813. The molecule has 0 saturated carbocycles. The highest BCUT2D eigenvalue weighted by atomic mass is 79.9. The molecule has 13 heavy (non-hydrogen) atoms. The zero-order valence-electron chi connectivity index (χ0n) is 7.50. The standard InChI is InChI=1S/C9H13BrN2S/c10-8-7-13-9(11-8)6-12-4-2-1-3-5-12/h7H,1-6H2. The normalized spacial score (nSPS) is 19.2. The maximum atomic E-state index is 4.40. The average molecular weight is 261 g/mol. The van der Waals surface area contributed by atoms with Crippen molar-refractivity contribution in [1.29, 1.82) is 0 Å². The van der Waals surface area contributed by atoms with Gasteiger partial charge in [-0.2, -0.15) is 0 Å².